The van der Waals surface area contributed by atoms with Crippen molar-refractivity contribution in [2.75, 3.05) is 7.05 Å². The average molecular weight is 493 g/mol. The highest BCUT2D eigenvalue weighted by Crippen LogP contribution is 2.27. The van der Waals surface area contributed by atoms with Crippen LogP contribution in [-0.4, -0.2) is 45.4 Å². The van der Waals surface area contributed by atoms with Gasteiger partial charge >= 0.3 is 6.09 Å². The monoisotopic (exact) mass is 492 g/mol. The van der Waals surface area contributed by atoms with E-state index in [-0.39, 0.29) is 24.2 Å². The van der Waals surface area contributed by atoms with E-state index in [1.165, 1.54) is 18.6 Å². The van der Waals surface area contributed by atoms with Crippen molar-refractivity contribution in [3.05, 3.63) is 76.0 Å². The van der Waals surface area contributed by atoms with Crippen LogP contribution in [0.5, 0.6) is 0 Å². The summed E-state index contributed by atoms with van der Waals surface area (Å²) in [7, 11) is 1.82. The number of carbonyl (C=O) groups is 2. The first-order valence-corrected chi connectivity index (χ1v) is 12.3. The normalized spacial score (nSPS) is 15.7. The minimum absolute atomic E-state index is 0.0362. The van der Waals surface area contributed by atoms with Crippen LogP contribution in [0, 0.1) is 10.1 Å². The van der Waals surface area contributed by atoms with Gasteiger partial charge in [0.05, 0.1) is 4.92 Å². The third-order valence-corrected chi connectivity index (χ3v) is 7.03. The van der Waals surface area contributed by atoms with Crippen LogP contribution in [0.3, 0.4) is 0 Å². The SMILES string of the molecule is CN(C(=O)C(C)(Cc1c[nH]c2ccccc12)NC(=O)OCc1ccc([N+](=O)[O-])cc1)C1CCCCC1. The topological polar surface area (TPSA) is 118 Å². The van der Waals surface area contributed by atoms with Crippen molar-refractivity contribution in [3.8, 4) is 0 Å². The molecule has 0 bridgehead atoms. The fourth-order valence-electron chi connectivity index (χ4n) is 4.98. The fourth-order valence-corrected chi connectivity index (χ4v) is 4.98. The molecule has 2 aromatic carbocycles. The van der Waals surface area contributed by atoms with Gasteiger partial charge in [0.25, 0.3) is 5.69 Å². The summed E-state index contributed by atoms with van der Waals surface area (Å²) in [6.07, 6.45) is 6.71. The van der Waals surface area contributed by atoms with Crippen molar-refractivity contribution in [3.63, 3.8) is 0 Å². The number of hydrogen-bond acceptors (Lipinski definition) is 5. The van der Waals surface area contributed by atoms with Gasteiger partial charge in [-0.3, -0.25) is 14.9 Å². The third-order valence-electron chi connectivity index (χ3n) is 7.03. The van der Waals surface area contributed by atoms with Crippen LogP contribution in [0.15, 0.2) is 54.7 Å². The van der Waals surface area contributed by atoms with Crippen LogP contribution >= 0.6 is 0 Å². The van der Waals surface area contributed by atoms with Crippen LogP contribution < -0.4 is 5.32 Å². The number of aromatic nitrogens is 1. The van der Waals surface area contributed by atoms with Crippen LogP contribution in [-0.2, 0) is 22.6 Å². The van der Waals surface area contributed by atoms with Gasteiger partial charge in [0.1, 0.15) is 12.1 Å². The number of fused-ring (bicyclic) bond motifs is 1. The Hall–Kier alpha value is -3.88. The number of para-hydroxylation sites is 1. The van der Waals surface area contributed by atoms with E-state index in [0.29, 0.717) is 12.0 Å². The molecular weight excluding hydrogens is 460 g/mol. The van der Waals surface area contributed by atoms with Crippen molar-refractivity contribution >= 4 is 28.6 Å². The molecule has 0 saturated heterocycles. The Morgan fingerprint density at radius 3 is 2.53 bits per heavy atom. The number of aromatic amines is 1. The summed E-state index contributed by atoms with van der Waals surface area (Å²) in [5.74, 6) is -0.160. The number of nitrogens with one attached hydrogen (secondary N) is 2. The minimum atomic E-state index is -1.23. The molecule has 36 heavy (non-hydrogen) atoms. The maximum atomic E-state index is 13.8. The number of hydrogen-bond donors (Lipinski definition) is 2. The first-order valence-electron chi connectivity index (χ1n) is 12.3. The molecule has 1 saturated carbocycles. The molecule has 0 aliphatic heterocycles. The Morgan fingerprint density at radius 1 is 1.14 bits per heavy atom. The quantitative estimate of drug-likeness (QED) is 0.335. The number of carbonyl (C=O) groups excluding carboxylic acids is 2. The molecule has 1 aromatic heterocycles. The summed E-state index contributed by atoms with van der Waals surface area (Å²) in [5.41, 5.74) is 1.23. The van der Waals surface area contributed by atoms with Gasteiger partial charge < -0.3 is 19.9 Å². The van der Waals surface area contributed by atoms with Gasteiger partial charge in [-0.05, 0) is 49.1 Å². The standard InChI is InChI=1S/C27H32N4O5/c1-27(25(32)30(2)21-8-4-3-5-9-21,16-20-17-28-24-11-7-6-10-23(20)24)29-26(33)36-18-19-12-14-22(15-13-19)31(34)35/h6-7,10-15,17,21,28H,3-5,8-9,16,18H2,1-2H3,(H,29,33). The minimum Gasteiger partial charge on any atom is -0.445 e. The zero-order valence-corrected chi connectivity index (χ0v) is 20.7. The van der Waals surface area contributed by atoms with Crippen LogP contribution in [0.25, 0.3) is 10.9 Å². The smallest absolute Gasteiger partial charge is 0.408 e. The molecule has 4 rings (SSSR count). The van der Waals surface area contributed by atoms with Crippen LogP contribution in [0.4, 0.5) is 10.5 Å². The summed E-state index contributed by atoms with van der Waals surface area (Å²) in [6.45, 7) is 1.67. The molecule has 2 amide bonds. The average Bonchev–Trinajstić information content (AvgIpc) is 3.29. The predicted molar refractivity (Wildman–Crippen MR) is 136 cm³/mol. The van der Waals surface area contributed by atoms with Gasteiger partial charge in [-0.15, -0.1) is 0 Å². The third kappa shape index (κ3) is 5.67. The van der Waals surface area contributed by atoms with E-state index >= 15 is 0 Å². The number of rotatable bonds is 8. The van der Waals surface area contributed by atoms with Crippen molar-refractivity contribution < 1.29 is 19.2 Å². The number of benzene rings is 2. The summed E-state index contributed by atoms with van der Waals surface area (Å²) >= 11 is 0. The predicted octanol–water partition coefficient (Wildman–Crippen LogP) is 5.09. The molecule has 9 nitrogen and oxygen atoms in total. The Labute approximate surface area is 210 Å². The van der Waals surface area contributed by atoms with Gasteiger partial charge in [0, 0.05) is 48.7 Å². The summed E-state index contributed by atoms with van der Waals surface area (Å²) < 4.78 is 5.41. The molecule has 2 N–H and O–H groups in total. The van der Waals surface area contributed by atoms with Gasteiger partial charge in [0.2, 0.25) is 5.91 Å². The van der Waals surface area contributed by atoms with E-state index in [2.05, 4.69) is 10.3 Å². The summed E-state index contributed by atoms with van der Waals surface area (Å²) in [4.78, 5) is 42.1. The first-order chi connectivity index (χ1) is 17.3. The van der Waals surface area contributed by atoms with E-state index in [4.69, 9.17) is 4.74 Å². The number of nitro benzene ring substituents is 1. The van der Waals surface area contributed by atoms with Crippen LogP contribution in [0.2, 0.25) is 0 Å². The lowest BCUT2D eigenvalue weighted by atomic mass is 9.88. The second-order valence-electron chi connectivity index (χ2n) is 9.70. The number of alkyl carbamates (subject to hydrolysis) is 1. The van der Waals surface area contributed by atoms with Gasteiger partial charge in [0.15, 0.2) is 0 Å². The molecule has 1 aliphatic carbocycles. The lowest BCUT2D eigenvalue weighted by Crippen LogP contribution is -2.60. The Balaban J connectivity index is 1.51. The van der Waals surface area contributed by atoms with E-state index < -0.39 is 16.6 Å². The maximum Gasteiger partial charge on any atom is 0.408 e. The summed E-state index contributed by atoms with van der Waals surface area (Å²) in [6, 6.07) is 13.8. The van der Waals surface area contributed by atoms with Crippen molar-refractivity contribution in [1.29, 1.82) is 0 Å². The first kappa shape index (κ1) is 25.2. The highest BCUT2D eigenvalue weighted by atomic mass is 16.6. The molecular formula is C27H32N4O5. The molecule has 9 heteroatoms. The highest BCUT2D eigenvalue weighted by molar-refractivity contribution is 5.91. The molecule has 1 heterocycles. The van der Waals surface area contributed by atoms with Crippen molar-refractivity contribution in [2.45, 2.75) is 63.6 Å². The fraction of sp³-hybridized carbons (Fsp3) is 0.407. The molecule has 1 fully saturated rings. The number of likely N-dealkylation sites (N-methyl/N-ethyl adjacent to an activating group) is 1. The van der Waals surface area contributed by atoms with Crippen molar-refractivity contribution in [1.82, 2.24) is 15.2 Å². The molecule has 1 unspecified atom stereocenters. The number of nitro groups is 1. The van der Waals surface area contributed by atoms with Gasteiger partial charge in [-0.2, -0.15) is 0 Å². The van der Waals surface area contributed by atoms with E-state index in [1.807, 2.05) is 37.5 Å². The Bertz CT molecular complexity index is 1230. The van der Waals surface area contributed by atoms with E-state index in [1.54, 1.807) is 24.0 Å². The number of ether oxygens (including phenoxy) is 1. The van der Waals surface area contributed by atoms with Gasteiger partial charge in [-0.1, -0.05) is 37.5 Å². The largest absolute Gasteiger partial charge is 0.445 e. The molecule has 0 spiro atoms. The van der Waals surface area contributed by atoms with Gasteiger partial charge in [-0.25, -0.2) is 4.79 Å². The zero-order valence-electron chi connectivity index (χ0n) is 20.7. The second-order valence-corrected chi connectivity index (χ2v) is 9.70. The van der Waals surface area contributed by atoms with Crippen LogP contribution in [0.1, 0.15) is 50.2 Å². The van der Waals surface area contributed by atoms with E-state index in [9.17, 15) is 19.7 Å². The second kappa shape index (κ2) is 10.8. The number of non-ortho nitro benzene ring substituents is 1. The zero-order chi connectivity index (χ0) is 25.7. The lowest BCUT2D eigenvalue weighted by Gasteiger charge is -2.38. The van der Waals surface area contributed by atoms with Crippen molar-refractivity contribution in [2.24, 2.45) is 0 Å². The molecule has 1 atom stereocenters. The molecule has 3 aromatic rings. The van der Waals surface area contributed by atoms with E-state index in [0.717, 1.165) is 42.1 Å². The molecule has 0 radical (unpaired) electrons. The number of nitrogens with zero attached hydrogens (tertiary/aromatic N) is 2. The molecule has 190 valence electrons. The maximum absolute atomic E-state index is 13.8. The number of amides is 2. The Kier molecular flexibility index (Phi) is 7.57. The highest BCUT2D eigenvalue weighted by Gasteiger charge is 2.40. The molecule has 1 aliphatic rings. The Morgan fingerprint density at radius 2 is 1.83 bits per heavy atom. The lowest BCUT2D eigenvalue weighted by molar-refractivity contribution is -0.384. The summed E-state index contributed by atoms with van der Waals surface area (Å²) in [5, 5.41) is 14.7. The number of H-pyrrole nitrogens is 1.